The van der Waals surface area contributed by atoms with Gasteiger partial charge in [-0.05, 0) is 11.6 Å². The van der Waals surface area contributed by atoms with Crippen molar-refractivity contribution in [3.05, 3.63) is 59.8 Å². The van der Waals surface area contributed by atoms with Gasteiger partial charge < -0.3 is 4.74 Å². The molecule has 3 aromatic heterocycles. The monoisotopic (exact) mass is 352 g/mol. The zero-order valence-corrected chi connectivity index (χ0v) is 14.3. The van der Waals surface area contributed by atoms with Crippen molar-refractivity contribution >= 4 is 0 Å². The molecule has 0 aliphatic carbocycles. The number of nitrogens with zero attached hydrogens (tertiary/aromatic N) is 6. The highest BCUT2D eigenvalue weighted by Gasteiger charge is 2.19. The maximum atomic E-state index is 13.8. The number of hydrogen-bond acceptors (Lipinski definition) is 7. The summed E-state index contributed by atoms with van der Waals surface area (Å²) in [5.74, 6) is 0.211. The third-order valence-electron chi connectivity index (χ3n) is 4.30. The molecule has 0 saturated carbocycles. The van der Waals surface area contributed by atoms with Gasteiger partial charge in [0.15, 0.2) is 11.6 Å². The summed E-state index contributed by atoms with van der Waals surface area (Å²) in [4.78, 5) is 23.3. The van der Waals surface area contributed by atoms with E-state index in [1.165, 1.54) is 19.5 Å². The van der Waals surface area contributed by atoms with Crippen molar-refractivity contribution in [3.8, 4) is 17.3 Å². The predicted molar refractivity (Wildman–Crippen MR) is 91.6 cm³/mol. The largest absolute Gasteiger partial charge is 0.479 e. The molecule has 0 aromatic carbocycles. The van der Waals surface area contributed by atoms with Crippen molar-refractivity contribution in [2.75, 3.05) is 13.7 Å². The molecule has 4 heterocycles. The molecule has 0 amide bonds. The van der Waals surface area contributed by atoms with E-state index in [-0.39, 0.29) is 5.88 Å². The molecule has 26 heavy (non-hydrogen) atoms. The minimum absolute atomic E-state index is 0.0172. The molecule has 0 saturated heterocycles. The van der Waals surface area contributed by atoms with Crippen LogP contribution in [0.2, 0.25) is 0 Å². The molecule has 0 fully saturated rings. The smallest absolute Gasteiger partial charge is 0.250 e. The van der Waals surface area contributed by atoms with E-state index in [1.54, 1.807) is 18.6 Å². The van der Waals surface area contributed by atoms with Gasteiger partial charge in [-0.1, -0.05) is 0 Å². The molecule has 7 nitrogen and oxygen atoms in total. The highest BCUT2D eigenvalue weighted by molar-refractivity contribution is 5.52. The van der Waals surface area contributed by atoms with Crippen LogP contribution >= 0.6 is 0 Å². The topological polar surface area (TPSA) is 76.9 Å². The van der Waals surface area contributed by atoms with Crippen LogP contribution < -0.4 is 4.74 Å². The Hall–Kier alpha value is -3.00. The Kier molecular flexibility index (Phi) is 4.49. The lowest BCUT2D eigenvalue weighted by atomic mass is 10.1. The molecule has 132 valence electrons. The number of ether oxygens (including phenoxy) is 1. The highest BCUT2D eigenvalue weighted by atomic mass is 19.1. The SMILES string of the molecule is COc1ncc(CN2CCc3nc(-c4cncnc4)ncc3C2)cc1F. The number of halogens is 1. The van der Waals surface area contributed by atoms with Crippen molar-refractivity contribution < 1.29 is 9.13 Å². The number of aromatic nitrogens is 5. The molecular formula is C18H17FN6O. The van der Waals surface area contributed by atoms with Gasteiger partial charge in [0.2, 0.25) is 5.88 Å². The molecular weight excluding hydrogens is 335 g/mol. The first-order valence-corrected chi connectivity index (χ1v) is 8.24. The van der Waals surface area contributed by atoms with E-state index in [4.69, 9.17) is 4.74 Å². The van der Waals surface area contributed by atoms with Crippen LogP contribution in [0, 0.1) is 5.82 Å². The summed E-state index contributed by atoms with van der Waals surface area (Å²) in [6, 6.07) is 1.47. The summed E-state index contributed by atoms with van der Waals surface area (Å²) in [5.41, 5.74) is 3.73. The molecule has 0 N–H and O–H groups in total. The Morgan fingerprint density at radius 3 is 2.77 bits per heavy atom. The highest BCUT2D eigenvalue weighted by Crippen LogP contribution is 2.22. The van der Waals surface area contributed by atoms with Crippen molar-refractivity contribution in [2.45, 2.75) is 19.5 Å². The van der Waals surface area contributed by atoms with E-state index >= 15 is 0 Å². The van der Waals surface area contributed by atoms with Crippen LogP contribution in [0.15, 0.2) is 37.2 Å². The zero-order chi connectivity index (χ0) is 17.9. The lowest BCUT2D eigenvalue weighted by molar-refractivity contribution is 0.242. The Balaban J connectivity index is 1.49. The standard InChI is InChI=1S/C18H17FN6O/c1-26-18-15(19)4-12(5-23-18)9-25-3-2-16-14(10-25)8-22-17(24-16)13-6-20-11-21-7-13/h4-8,11H,2-3,9-10H2,1H3. The quantitative estimate of drug-likeness (QED) is 0.711. The Bertz CT molecular complexity index is 921. The summed E-state index contributed by atoms with van der Waals surface area (Å²) in [6.07, 6.45) is 9.20. The van der Waals surface area contributed by atoms with E-state index in [0.717, 1.165) is 35.3 Å². The van der Waals surface area contributed by atoms with Gasteiger partial charge in [-0.25, -0.2) is 29.3 Å². The first-order valence-electron chi connectivity index (χ1n) is 8.24. The lowest BCUT2D eigenvalue weighted by Crippen LogP contribution is -2.31. The number of hydrogen-bond donors (Lipinski definition) is 0. The van der Waals surface area contributed by atoms with Crippen molar-refractivity contribution in [1.82, 2.24) is 29.8 Å². The molecule has 8 heteroatoms. The first-order chi connectivity index (χ1) is 12.7. The fourth-order valence-electron chi connectivity index (χ4n) is 3.02. The number of fused-ring (bicyclic) bond motifs is 1. The van der Waals surface area contributed by atoms with Crippen molar-refractivity contribution in [1.29, 1.82) is 0 Å². The molecule has 0 unspecified atom stereocenters. The summed E-state index contributed by atoms with van der Waals surface area (Å²) in [5, 5.41) is 0. The molecule has 0 atom stereocenters. The van der Waals surface area contributed by atoms with Gasteiger partial charge in [-0.2, -0.15) is 0 Å². The van der Waals surface area contributed by atoms with E-state index < -0.39 is 5.82 Å². The van der Waals surface area contributed by atoms with E-state index in [2.05, 4.69) is 29.8 Å². The summed E-state index contributed by atoms with van der Waals surface area (Å²) in [7, 11) is 1.41. The Morgan fingerprint density at radius 1 is 1.15 bits per heavy atom. The summed E-state index contributed by atoms with van der Waals surface area (Å²) in [6.45, 7) is 2.17. The number of methoxy groups -OCH3 is 1. The molecule has 0 radical (unpaired) electrons. The van der Waals surface area contributed by atoms with E-state index in [9.17, 15) is 4.39 Å². The van der Waals surface area contributed by atoms with Crippen molar-refractivity contribution in [3.63, 3.8) is 0 Å². The summed E-state index contributed by atoms with van der Waals surface area (Å²) < 4.78 is 18.7. The maximum absolute atomic E-state index is 13.8. The second-order valence-corrected chi connectivity index (χ2v) is 6.09. The third-order valence-corrected chi connectivity index (χ3v) is 4.30. The van der Waals surface area contributed by atoms with Crippen LogP contribution in [0.4, 0.5) is 4.39 Å². The van der Waals surface area contributed by atoms with Crippen molar-refractivity contribution in [2.24, 2.45) is 0 Å². The van der Waals surface area contributed by atoms with Gasteiger partial charge in [-0.3, -0.25) is 4.90 Å². The fourth-order valence-corrected chi connectivity index (χ4v) is 3.02. The summed E-state index contributed by atoms with van der Waals surface area (Å²) >= 11 is 0. The van der Waals surface area contributed by atoms with Gasteiger partial charge in [0.05, 0.1) is 18.4 Å². The van der Waals surface area contributed by atoms with Gasteiger partial charge in [0, 0.05) is 56.4 Å². The molecule has 1 aliphatic rings. The first kappa shape index (κ1) is 16.5. The van der Waals surface area contributed by atoms with Crippen LogP contribution in [-0.2, 0) is 19.5 Å². The molecule has 0 spiro atoms. The molecule has 4 rings (SSSR count). The van der Waals surface area contributed by atoms with Gasteiger partial charge in [0.25, 0.3) is 0 Å². The Labute approximate surface area is 150 Å². The maximum Gasteiger partial charge on any atom is 0.250 e. The van der Waals surface area contributed by atoms with E-state index in [0.29, 0.717) is 18.9 Å². The van der Waals surface area contributed by atoms with Gasteiger partial charge >= 0.3 is 0 Å². The van der Waals surface area contributed by atoms with Crippen LogP contribution in [0.1, 0.15) is 16.8 Å². The second-order valence-electron chi connectivity index (χ2n) is 6.09. The average molecular weight is 352 g/mol. The lowest BCUT2D eigenvalue weighted by Gasteiger charge is -2.28. The number of pyridine rings is 1. The van der Waals surface area contributed by atoms with Gasteiger partial charge in [-0.15, -0.1) is 0 Å². The van der Waals surface area contributed by atoms with Crippen LogP contribution in [0.5, 0.6) is 5.88 Å². The van der Waals surface area contributed by atoms with Crippen LogP contribution in [-0.4, -0.2) is 43.5 Å². The van der Waals surface area contributed by atoms with E-state index in [1.807, 2.05) is 6.20 Å². The molecule has 1 aliphatic heterocycles. The van der Waals surface area contributed by atoms with Gasteiger partial charge in [0.1, 0.15) is 6.33 Å². The normalized spacial score (nSPS) is 14.1. The second kappa shape index (κ2) is 7.09. The minimum atomic E-state index is -0.444. The van der Waals surface area contributed by atoms with Crippen LogP contribution in [0.3, 0.4) is 0 Å². The average Bonchev–Trinajstić information content (AvgIpc) is 2.68. The predicted octanol–water partition coefficient (Wildman–Crippen LogP) is 2.03. The third kappa shape index (κ3) is 3.36. The Morgan fingerprint density at radius 2 is 2.00 bits per heavy atom. The minimum Gasteiger partial charge on any atom is -0.479 e. The molecule has 0 bridgehead atoms. The number of rotatable bonds is 4. The zero-order valence-electron chi connectivity index (χ0n) is 14.3. The molecule has 3 aromatic rings. The fraction of sp³-hybridized carbons (Fsp3) is 0.278. The van der Waals surface area contributed by atoms with Crippen LogP contribution in [0.25, 0.3) is 11.4 Å².